The van der Waals surface area contributed by atoms with E-state index in [0.29, 0.717) is 12.3 Å². The average molecular weight is 311 g/mol. The van der Waals surface area contributed by atoms with Crippen LogP contribution < -0.4 is 0 Å². The summed E-state index contributed by atoms with van der Waals surface area (Å²) in [5, 5.41) is 0. The van der Waals surface area contributed by atoms with Crippen molar-refractivity contribution in [3.8, 4) is 0 Å². The number of rotatable bonds is 5. The van der Waals surface area contributed by atoms with Gasteiger partial charge in [0.1, 0.15) is 5.82 Å². The SMILES string of the molecule is O=C(CCN1CCCCCC1)c1ccc2nc(C3CC3)[nH]c2c1. The molecule has 23 heavy (non-hydrogen) atoms. The molecule has 1 saturated carbocycles. The molecule has 4 nitrogen and oxygen atoms in total. The first-order valence-corrected chi connectivity index (χ1v) is 9.05. The van der Waals surface area contributed by atoms with Crippen LogP contribution in [0.3, 0.4) is 0 Å². The third-order valence-electron chi connectivity index (χ3n) is 5.14. The lowest BCUT2D eigenvalue weighted by molar-refractivity contribution is 0.0965. The number of fused-ring (bicyclic) bond motifs is 1. The van der Waals surface area contributed by atoms with Crippen LogP contribution in [0.2, 0.25) is 0 Å². The minimum atomic E-state index is 0.249. The van der Waals surface area contributed by atoms with Crippen LogP contribution >= 0.6 is 0 Å². The van der Waals surface area contributed by atoms with Gasteiger partial charge in [0.25, 0.3) is 0 Å². The van der Waals surface area contributed by atoms with Gasteiger partial charge in [0.05, 0.1) is 11.0 Å². The molecule has 0 amide bonds. The van der Waals surface area contributed by atoms with E-state index in [9.17, 15) is 4.79 Å². The number of nitrogens with one attached hydrogen (secondary N) is 1. The molecule has 0 radical (unpaired) electrons. The van der Waals surface area contributed by atoms with Crippen LogP contribution in [-0.2, 0) is 0 Å². The van der Waals surface area contributed by atoms with E-state index in [0.717, 1.165) is 42.1 Å². The maximum Gasteiger partial charge on any atom is 0.164 e. The fourth-order valence-corrected chi connectivity index (χ4v) is 3.52. The summed E-state index contributed by atoms with van der Waals surface area (Å²) < 4.78 is 0. The Bertz CT molecular complexity index is 694. The molecule has 2 fully saturated rings. The number of nitrogens with zero attached hydrogens (tertiary/aromatic N) is 2. The molecule has 1 N–H and O–H groups in total. The van der Waals surface area contributed by atoms with Gasteiger partial charge in [-0.25, -0.2) is 4.98 Å². The van der Waals surface area contributed by atoms with Crippen LogP contribution in [0, 0.1) is 0 Å². The highest BCUT2D eigenvalue weighted by molar-refractivity contribution is 5.99. The molecule has 0 spiro atoms. The van der Waals surface area contributed by atoms with Crippen molar-refractivity contribution in [2.24, 2.45) is 0 Å². The van der Waals surface area contributed by atoms with Gasteiger partial charge in [0.2, 0.25) is 0 Å². The van der Waals surface area contributed by atoms with Crippen molar-refractivity contribution in [3.05, 3.63) is 29.6 Å². The van der Waals surface area contributed by atoms with Gasteiger partial charge in [0, 0.05) is 24.4 Å². The van der Waals surface area contributed by atoms with Crippen LogP contribution in [0.15, 0.2) is 18.2 Å². The largest absolute Gasteiger partial charge is 0.342 e. The van der Waals surface area contributed by atoms with E-state index >= 15 is 0 Å². The van der Waals surface area contributed by atoms with Crippen LogP contribution in [0.5, 0.6) is 0 Å². The van der Waals surface area contributed by atoms with Gasteiger partial charge >= 0.3 is 0 Å². The second-order valence-electron chi connectivity index (χ2n) is 7.06. The number of H-pyrrole nitrogens is 1. The lowest BCUT2D eigenvalue weighted by atomic mass is 10.1. The van der Waals surface area contributed by atoms with Gasteiger partial charge < -0.3 is 9.88 Å². The van der Waals surface area contributed by atoms with Crippen molar-refractivity contribution in [1.82, 2.24) is 14.9 Å². The molecule has 2 aromatic rings. The van der Waals surface area contributed by atoms with Gasteiger partial charge in [-0.3, -0.25) is 4.79 Å². The second kappa shape index (κ2) is 6.44. The number of carbonyl (C=O) groups excluding carboxylic acids is 1. The highest BCUT2D eigenvalue weighted by Crippen LogP contribution is 2.39. The minimum Gasteiger partial charge on any atom is -0.342 e. The molecule has 2 aliphatic rings. The van der Waals surface area contributed by atoms with E-state index in [4.69, 9.17) is 0 Å². The Hall–Kier alpha value is -1.68. The topological polar surface area (TPSA) is 49.0 Å². The van der Waals surface area contributed by atoms with Crippen LogP contribution in [0.1, 0.15) is 67.0 Å². The monoisotopic (exact) mass is 311 g/mol. The first kappa shape index (κ1) is 14.9. The third-order valence-corrected chi connectivity index (χ3v) is 5.14. The molecule has 0 unspecified atom stereocenters. The number of hydrogen-bond donors (Lipinski definition) is 1. The highest BCUT2D eigenvalue weighted by Gasteiger charge is 2.26. The highest BCUT2D eigenvalue weighted by atomic mass is 16.1. The van der Waals surface area contributed by atoms with E-state index < -0.39 is 0 Å². The predicted molar refractivity (Wildman–Crippen MR) is 91.9 cm³/mol. The summed E-state index contributed by atoms with van der Waals surface area (Å²) in [6.07, 6.45) is 8.32. The van der Waals surface area contributed by atoms with Gasteiger partial charge in [-0.1, -0.05) is 12.8 Å². The minimum absolute atomic E-state index is 0.249. The summed E-state index contributed by atoms with van der Waals surface area (Å²) in [6.45, 7) is 3.20. The number of benzene rings is 1. The predicted octanol–water partition coefficient (Wildman–Crippen LogP) is 3.89. The van der Waals surface area contributed by atoms with E-state index in [2.05, 4.69) is 14.9 Å². The number of imidazole rings is 1. The Kier molecular flexibility index (Phi) is 4.17. The lowest BCUT2D eigenvalue weighted by Gasteiger charge is -2.18. The zero-order chi connectivity index (χ0) is 15.6. The average Bonchev–Trinajstić information content (AvgIpc) is 3.36. The van der Waals surface area contributed by atoms with Gasteiger partial charge in [-0.2, -0.15) is 0 Å². The van der Waals surface area contributed by atoms with E-state index in [1.165, 1.54) is 38.5 Å². The fourth-order valence-electron chi connectivity index (χ4n) is 3.52. The van der Waals surface area contributed by atoms with E-state index in [-0.39, 0.29) is 5.78 Å². The molecule has 1 saturated heterocycles. The summed E-state index contributed by atoms with van der Waals surface area (Å²) in [6, 6.07) is 5.90. The standard InChI is InChI=1S/C19H25N3O/c23-18(9-12-22-10-3-1-2-4-11-22)15-7-8-16-17(13-15)21-19(20-16)14-5-6-14/h7-8,13-14H,1-6,9-12H2,(H,20,21). The number of Topliss-reactive ketones (excluding diaryl/α,β-unsaturated/α-hetero) is 1. The molecular formula is C19H25N3O. The van der Waals surface area contributed by atoms with Crippen LogP contribution in [0.4, 0.5) is 0 Å². The molecule has 4 rings (SSSR count). The summed E-state index contributed by atoms with van der Waals surface area (Å²) >= 11 is 0. The summed E-state index contributed by atoms with van der Waals surface area (Å²) in [5.74, 6) is 1.96. The van der Waals surface area contributed by atoms with E-state index in [1.54, 1.807) is 0 Å². The van der Waals surface area contributed by atoms with Crippen molar-refractivity contribution >= 4 is 16.8 Å². The lowest BCUT2D eigenvalue weighted by Crippen LogP contribution is -2.27. The Morgan fingerprint density at radius 2 is 1.96 bits per heavy atom. The molecule has 2 heterocycles. The zero-order valence-electron chi connectivity index (χ0n) is 13.7. The molecule has 0 atom stereocenters. The molecular weight excluding hydrogens is 286 g/mol. The van der Waals surface area contributed by atoms with Gasteiger partial charge in [0.15, 0.2) is 5.78 Å². The molecule has 4 heteroatoms. The zero-order valence-corrected chi connectivity index (χ0v) is 13.7. The quantitative estimate of drug-likeness (QED) is 0.852. The summed E-state index contributed by atoms with van der Waals surface area (Å²) in [4.78, 5) is 23.0. The summed E-state index contributed by atoms with van der Waals surface area (Å²) in [7, 11) is 0. The Morgan fingerprint density at radius 1 is 1.17 bits per heavy atom. The Morgan fingerprint density at radius 3 is 2.70 bits per heavy atom. The molecule has 1 aliphatic carbocycles. The normalized spacial score (nSPS) is 19.8. The Balaban J connectivity index is 1.41. The number of aromatic amines is 1. The number of hydrogen-bond acceptors (Lipinski definition) is 3. The van der Waals surface area contributed by atoms with Crippen molar-refractivity contribution < 1.29 is 4.79 Å². The van der Waals surface area contributed by atoms with Crippen molar-refractivity contribution in [1.29, 1.82) is 0 Å². The number of aromatic nitrogens is 2. The second-order valence-corrected chi connectivity index (χ2v) is 7.06. The number of likely N-dealkylation sites (tertiary alicyclic amines) is 1. The van der Waals surface area contributed by atoms with Crippen molar-refractivity contribution in [3.63, 3.8) is 0 Å². The van der Waals surface area contributed by atoms with E-state index in [1.807, 2.05) is 18.2 Å². The smallest absolute Gasteiger partial charge is 0.164 e. The molecule has 1 aliphatic heterocycles. The molecule has 0 bridgehead atoms. The fraction of sp³-hybridized carbons (Fsp3) is 0.579. The maximum atomic E-state index is 12.5. The number of carbonyl (C=O) groups is 1. The third kappa shape index (κ3) is 3.47. The summed E-state index contributed by atoms with van der Waals surface area (Å²) in [5.41, 5.74) is 2.81. The first-order valence-electron chi connectivity index (χ1n) is 9.05. The molecule has 1 aromatic heterocycles. The Labute approximate surface area is 137 Å². The van der Waals surface area contributed by atoms with Crippen molar-refractivity contribution in [2.75, 3.05) is 19.6 Å². The first-order chi connectivity index (χ1) is 11.3. The van der Waals surface area contributed by atoms with Gasteiger partial charge in [-0.15, -0.1) is 0 Å². The van der Waals surface area contributed by atoms with Crippen LogP contribution in [0.25, 0.3) is 11.0 Å². The van der Waals surface area contributed by atoms with Crippen LogP contribution in [-0.4, -0.2) is 40.3 Å². The molecule has 1 aromatic carbocycles. The van der Waals surface area contributed by atoms with Crippen molar-refractivity contribution in [2.45, 2.75) is 50.9 Å². The van der Waals surface area contributed by atoms with Gasteiger partial charge in [-0.05, 0) is 57.0 Å². The maximum absolute atomic E-state index is 12.5. The molecule has 122 valence electrons. The number of ketones is 1.